The number of carboxylic acids is 1. The summed E-state index contributed by atoms with van der Waals surface area (Å²) in [6.45, 7) is 0.247. The zero-order valence-corrected chi connectivity index (χ0v) is 11.9. The highest BCUT2D eigenvalue weighted by molar-refractivity contribution is 5.77. The molecule has 1 aromatic carbocycles. The molecule has 5 heteroatoms. The largest absolute Gasteiger partial charge is 0.481 e. The molecule has 1 atom stereocenters. The molecule has 0 saturated carbocycles. The van der Waals surface area contributed by atoms with Crippen LogP contribution in [0.15, 0.2) is 30.3 Å². The van der Waals surface area contributed by atoms with Gasteiger partial charge < -0.3 is 14.6 Å². The Labute approximate surface area is 127 Å². The van der Waals surface area contributed by atoms with Gasteiger partial charge >= 0.3 is 5.97 Å². The summed E-state index contributed by atoms with van der Waals surface area (Å²) in [5.74, 6) is 0.272. The van der Waals surface area contributed by atoms with E-state index in [0.29, 0.717) is 6.42 Å². The first-order valence-electron chi connectivity index (χ1n) is 7.35. The molecule has 0 spiro atoms. The molecule has 5 nitrogen and oxygen atoms in total. The lowest BCUT2D eigenvalue weighted by atomic mass is 9.85. The summed E-state index contributed by atoms with van der Waals surface area (Å²) in [7, 11) is 0. The van der Waals surface area contributed by atoms with Gasteiger partial charge in [-0.3, -0.25) is 9.78 Å². The molecule has 0 bridgehead atoms. The summed E-state index contributed by atoms with van der Waals surface area (Å²) in [5, 5.41) is 9.32. The second kappa shape index (κ2) is 5.02. The molecule has 2 heterocycles. The second-order valence-corrected chi connectivity index (χ2v) is 5.58. The SMILES string of the molecule is O=C(O)C1CCCc2nc(-c3ccc4c(c3)OCO4)ccc21. The molecule has 0 saturated heterocycles. The van der Waals surface area contributed by atoms with Crippen molar-refractivity contribution in [2.24, 2.45) is 0 Å². The fourth-order valence-corrected chi connectivity index (χ4v) is 3.13. The Morgan fingerprint density at radius 2 is 2.05 bits per heavy atom. The number of aliphatic carboxylic acids is 1. The zero-order chi connectivity index (χ0) is 15.1. The van der Waals surface area contributed by atoms with E-state index < -0.39 is 11.9 Å². The van der Waals surface area contributed by atoms with Crippen LogP contribution in [-0.4, -0.2) is 22.9 Å². The average Bonchev–Trinajstić information content (AvgIpc) is 3.01. The van der Waals surface area contributed by atoms with E-state index in [0.717, 1.165) is 46.9 Å². The normalized spacial score (nSPS) is 18.8. The van der Waals surface area contributed by atoms with Crippen molar-refractivity contribution in [3.05, 3.63) is 41.6 Å². The van der Waals surface area contributed by atoms with Crippen LogP contribution >= 0.6 is 0 Å². The zero-order valence-electron chi connectivity index (χ0n) is 11.9. The maximum atomic E-state index is 11.3. The third kappa shape index (κ3) is 2.09. The van der Waals surface area contributed by atoms with Gasteiger partial charge in [-0.1, -0.05) is 6.07 Å². The molecule has 2 aliphatic rings. The molecule has 1 unspecified atom stereocenters. The molecule has 0 fully saturated rings. The van der Waals surface area contributed by atoms with E-state index in [1.165, 1.54) is 0 Å². The number of carboxylic acid groups (broad SMARTS) is 1. The van der Waals surface area contributed by atoms with Crippen LogP contribution in [0.3, 0.4) is 0 Å². The number of benzene rings is 1. The van der Waals surface area contributed by atoms with Crippen molar-refractivity contribution >= 4 is 5.97 Å². The van der Waals surface area contributed by atoms with Gasteiger partial charge in [0.15, 0.2) is 11.5 Å². The molecular weight excluding hydrogens is 282 g/mol. The Morgan fingerprint density at radius 1 is 1.18 bits per heavy atom. The molecule has 2 aromatic rings. The van der Waals surface area contributed by atoms with Gasteiger partial charge in [0.25, 0.3) is 0 Å². The fourth-order valence-electron chi connectivity index (χ4n) is 3.13. The molecule has 112 valence electrons. The number of aromatic nitrogens is 1. The minimum Gasteiger partial charge on any atom is -0.481 e. The van der Waals surface area contributed by atoms with E-state index in [1.54, 1.807) is 0 Å². The summed E-state index contributed by atoms with van der Waals surface area (Å²) in [4.78, 5) is 16.0. The van der Waals surface area contributed by atoms with Crippen molar-refractivity contribution in [1.82, 2.24) is 4.98 Å². The molecule has 0 radical (unpaired) electrons. The summed E-state index contributed by atoms with van der Waals surface area (Å²) in [5.41, 5.74) is 3.53. The number of hydrogen-bond donors (Lipinski definition) is 1. The first kappa shape index (κ1) is 13.1. The highest BCUT2D eigenvalue weighted by Crippen LogP contribution is 2.37. The number of aryl methyl sites for hydroxylation is 1. The quantitative estimate of drug-likeness (QED) is 0.923. The van der Waals surface area contributed by atoms with Gasteiger partial charge in [-0.15, -0.1) is 0 Å². The Bertz CT molecular complexity index is 756. The van der Waals surface area contributed by atoms with Crippen molar-refractivity contribution in [1.29, 1.82) is 0 Å². The number of pyridine rings is 1. The van der Waals surface area contributed by atoms with Gasteiger partial charge in [-0.2, -0.15) is 0 Å². The lowest BCUT2D eigenvalue weighted by molar-refractivity contribution is -0.139. The van der Waals surface area contributed by atoms with E-state index in [4.69, 9.17) is 9.47 Å². The number of fused-ring (bicyclic) bond motifs is 2. The molecule has 1 aromatic heterocycles. The monoisotopic (exact) mass is 297 g/mol. The van der Waals surface area contributed by atoms with Gasteiger partial charge in [0.05, 0.1) is 11.6 Å². The molecule has 0 amide bonds. The number of rotatable bonds is 2. The standard InChI is InChI=1S/C17H15NO4/c19-17(20)12-2-1-3-14-11(12)5-6-13(18-14)10-4-7-15-16(8-10)22-9-21-15/h4-8,12H,1-3,9H2,(H,19,20). The molecule has 4 rings (SSSR count). The fraction of sp³-hybridized carbons (Fsp3) is 0.294. The third-order valence-corrected chi connectivity index (χ3v) is 4.26. The van der Waals surface area contributed by atoms with Gasteiger partial charge in [0.1, 0.15) is 0 Å². The average molecular weight is 297 g/mol. The number of hydrogen-bond acceptors (Lipinski definition) is 4. The highest BCUT2D eigenvalue weighted by atomic mass is 16.7. The van der Waals surface area contributed by atoms with Gasteiger partial charge in [-0.25, -0.2) is 0 Å². The number of nitrogens with zero attached hydrogens (tertiary/aromatic N) is 1. The van der Waals surface area contributed by atoms with E-state index in [1.807, 2.05) is 30.3 Å². The van der Waals surface area contributed by atoms with E-state index in [9.17, 15) is 9.90 Å². The van der Waals surface area contributed by atoms with Crippen molar-refractivity contribution in [3.63, 3.8) is 0 Å². The summed E-state index contributed by atoms with van der Waals surface area (Å²) < 4.78 is 10.7. The maximum absolute atomic E-state index is 11.3. The number of carbonyl (C=O) groups is 1. The van der Waals surface area contributed by atoms with Crippen LogP contribution in [-0.2, 0) is 11.2 Å². The third-order valence-electron chi connectivity index (χ3n) is 4.26. The second-order valence-electron chi connectivity index (χ2n) is 5.58. The van der Waals surface area contributed by atoms with Crippen LogP contribution in [0.2, 0.25) is 0 Å². The molecule has 1 aliphatic heterocycles. The van der Waals surface area contributed by atoms with Gasteiger partial charge in [0.2, 0.25) is 6.79 Å². The van der Waals surface area contributed by atoms with Crippen LogP contribution in [0.4, 0.5) is 0 Å². The van der Waals surface area contributed by atoms with E-state index in [-0.39, 0.29) is 6.79 Å². The maximum Gasteiger partial charge on any atom is 0.311 e. The topological polar surface area (TPSA) is 68.7 Å². The van der Waals surface area contributed by atoms with Gasteiger partial charge in [0, 0.05) is 11.3 Å². The Kier molecular flexibility index (Phi) is 2.99. The first-order chi connectivity index (χ1) is 10.7. The molecular formula is C17H15NO4. The Balaban J connectivity index is 1.74. The van der Waals surface area contributed by atoms with Crippen molar-refractivity contribution in [2.75, 3.05) is 6.79 Å². The first-order valence-corrected chi connectivity index (χ1v) is 7.35. The predicted octanol–water partition coefficient (Wildman–Crippen LogP) is 2.98. The van der Waals surface area contributed by atoms with Crippen molar-refractivity contribution < 1.29 is 19.4 Å². The minimum absolute atomic E-state index is 0.247. The lowest BCUT2D eigenvalue weighted by Gasteiger charge is -2.22. The Morgan fingerprint density at radius 3 is 2.91 bits per heavy atom. The number of ether oxygens (including phenoxy) is 2. The summed E-state index contributed by atoms with van der Waals surface area (Å²) in [6, 6.07) is 9.52. The molecule has 1 aliphatic carbocycles. The van der Waals surface area contributed by atoms with Crippen LogP contribution in [0.25, 0.3) is 11.3 Å². The molecule has 1 N–H and O–H groups in total. The molecule has 22 heavy (non-hydrogen) atoms. The minimum atomic E-state index is -0.765. The van der Waals surface area contributed by atoms with Crippen LogP contribution in [0, 0.1) is 0 Å². The highest BCUT2D eigenvalue weighted by Gasteiger charge is 2.27. The lowest BCUT2D eigenvalue weighted by Crippen LogP contribution is -2.19. The van der Waals surface area contributed by atoms with Gasteiger partial charge in [-0.05, 0) is 49.1 Å². The van der Waals surface area contributed by atoms with Crippen LogP contribution in [0.1, 0.15) is 30.0 Å². The van der Waals surface area contributed by atoms with Crippen LogP contribution in [0.5, 0.6) is 11.5 Å². The van der Waals surface area contributed by atoms with Crippen LogP contribution < -0.4 is 9.47 Å². The summed E-state index contributed by atoms with van der Waals surface area (Å²) >= 11 is 0. The van der Waals surface area contributed by atoms with Crippen molar-refractivity contribution in [3.8, 4) is 22.8 Å². The van der Waals surface area contributed by atoms with E-state index in [2.05, 4.69) is 4.98 Å². The summed E-state index contributed by atoms with van der Waals surface area (Å²) in [6.07, 6.45) is 2.38. The smallest absolute Gasteiger partial charge is 0.311 e. The van der Waals surface area contributed by atoms with Crippen molar-refractivity contribution in [2.45, 2.75) is 25.2 Å². The predicted molar refractivity (Wildman–Crippen MR) is 79.1 cm³/mol. The Hall–Kier alpha value is -2.56. The van der Waals surface area contributed by atoms with E-state index >= 15 is 0 Å².